The van der Waals surface area contributed by atoms with Gasteiger partial charge in [0.25, 0.3) is 5.56 Å². The lowest BCUT2D eigenvalue weighted by Gasteiger charge is -2.31. The van der Waals surface area contributed by atoms with Crippen molar-refractivity contribution in [3.05, 3.63) is 26.7 Å². The monoisotopic (exact) mass is 417 g/mol. The van der Waals surface area contributed by atoms with Crippen molar-refractivity contribution in [3.63, 3.8) is 0 Å². The highest BCUT2D eigenvalue weighted by molar-refractivity contribution is 8.00. The van der Waals surface area contributed by atoms with E-state index in [-0.39, 0.29) is 29.7 Å². The summed E-state index contributed by atoms with van der Waals surface area (Å²) in [7, 11) is 0. The van der Waals surface area contributed by atoms with Gasteiger partial charge in [-0.2, -0.15) is 0 Å². The van der Waals surface area contributed by atoms with E-state index in [2.05, 4.69) is 15.0 Å². The number of rotatable bonds is 5. The van der Waals surface area contributed by atoms with Gasteiger partial charge in [0.05, 0.1) is 18.5 Å². The SMILES string of the molecule is CC1CN(C(=O)CSc2nc(C3CC3)nc3c2c(=O)[nH]c(=O)n3C2CC2)CCO1. The van der Waals surface area contributed by atoms with Crippen molar-refractivity contribution in [2.24, 2.45) is 0 Å². The zero-order chi connectivity index (χ0) is 20.1. The van der Waals surface area contributed by atoms with Gasteiger partial charge in [0.15, 0.2) is 5.65 Å². The third-order valence-corrected chi connectivity index (χ3v) is 6.51. The van der Waals surface area contributed by atoms with Crippen LogP contribution < -0.4 is 11.2 Å². The van der Waals surface area contributed by atoms with E-state index in [1.54, 1.807) is 9.47 Å². The maximum absolute atomic E-state index is 12.7. The van der Waals surface area contributed by atoms with Gasteiger partial charge in [-0.25, -0.2) is 14.8 Å². The molecule has 154 valence electrons. The van der Waals surface area contributed by atoms with Gasteiger partial charge in [-0.05, 0) is 32.6 Å². The molecule has 9 nitrogen and oxygen atoms in total. The van der Waals surface area contributed by atoms with Crippen molar-refractivity contribution in [1.29, 1.82) is 0 Å². The Morgan fingerprint density at radius 1 is 1.24 bits per heavy atom. The number of nitrogens with one attached hydrogen (secondary N) is 1. The van der Waals surface area contributed by atoms with Crippen molar-refractivity contribution < 1.29 is 9.53 Å². The average Bonchev–Trinajstić information content (AvgIpc) is 3.58. The van der Waals surface area contributed by atoms with Gasteiger partial charge in [0, 0.05) is 25.0 Å². The maximum atomic E-state index is 12.7. The Kier molecular flexibility index (Phi) is 4.70. The molecule has 1 atom stereocenters. The van der Waals surface area contributed by atoms with Gasteiger partial charge >= 0.3 is 5.69 Å². The first-order chi connectivity index (χ1) is 14.0. The molecule has 2 aromatic heterocycles. The molecule has 5 rings (SSSR count). The Hall–Kier alpha value is -2.20. The summed E-state index contributed by atoms with van der Waals surface area (Å²) in [5.74, 6) is 1.13. The van der Waals surface area contributed by atoms with Crippen LogP contribution in [0, 0.1) is 0 Å². The van der Waals surface area contributed by atoms with Crippen LogP contribution in [0.4, 0.5) is 0 Å². The predicted molar refractivity (Wildman–Crippen MR) is 107 cm³/mol. The van der Waals surface area contributed by atoms with Crippen LogP contribution >= 0.6 is 11.8 Å². The average molecular weight is 417 g/mol. The summed E-state index contributed by atoms with van der Waals surface area (Å²) in [5.41, 5.74) is -0.493. The number of H-pyrrole nitrogens is 1. The number of carbonyl (C=O) groups excluding carboxylic acids is 1. The molecule has 1 unspecified atom stereocenters. The van der Waals surface area contributed by atoms with E-state index in [0.717, 1.165) is 25.7 Å². The van der Waals surface area contributed by atoms with Gasteiger partial charge in [-0.15, -0.1) is 0 Å². The molecule has 0 bridgehead atoms. The topological polar surface area (TPSA) is 110 Å². The number of ether oxygens (including phenoxy) is 1. The highest BCUT2D eigenvalue weighted by atomic mass is 32.2. The lowest BCUT2D eigenvalue weighted by atomic mass is 10.3. The van der Waals surface area contributed by atoms with E-state index in [4.69, 9.17) is 4.74 Å². The number of thioether (sulfide) groups is 1. The number of morpholine rings is 1. The van der Waals surface area contributed by atoms with E-state index in [9.17, 15) is 14.4 Å². The predicted octanol–water partition coefficient (Wildman–Crippen LogP) is 1.03. The Bertz CT molecular complexity index is 1090. The molecule has 3 fully saturated rings. The van der Waals surface area contributed by atoms with Crippen molar-refractivity contribution in [2.75, 3.05) is 25.4 Å². The molecule has 2 aromatic rings. The number of carbonyl (C=O) groups is 1. The molecule has 0 aromatic carbocycles. The standard InChI is InChI=1S/C19H23N5O4S/c1-10-8-23(6-7-28-10)13(25)9-29-18-14-16(20-15(21-18)11-2-3-11)24(12-4-5-12)19(27)22-17(14)26/h10-12H,2-9H2,1H3,(H,22,26,27). The molecule has 2 aliphatic carbocycles. The Morgan fingerprint density at radius 2 is 2.03 bits per heavy atom. The van der Waals surface area contributed by atoms with Gasteiger partial charge < -0.3 is 9.64 Å². The lowest BCUT2D eigenvalue weighted by Crippen LogP contribution is -2.45. The zero-order valence-electron chi connectivity index (χ0n) is 16.2. The van der Waals surface area contributed by atoms with Crippen LogP contribution in [0.3, 0.4) is 0 Å². The molecule has 1 N–H and O–H groups in total. The molecule has 1 aliphatic heterocycles. The molecular weight excluding hydrogens is 394 g/mol. The van der Waals surface area contributed by atoms with E-state index in [1.807, 2.05) is 6.92 Å². The molecule has 2 saturated carbocycles. The van der Waals surface area contributed by atoms with E-state index < -0.39 is 11.2 Å². The van der Waals surface area contributed by atoms with Crippen LogP contribution in [0.1, 0.15) is 50.4 Å². The fourth-order valence-corrected chi connectivity index (χ4v) is 4.63. The Balaban J connectivity index is 1.51. The first-order valence-corrected chi connectivity index (χ1v) is 11.1. The van der Waals surface area contributed by atoms with E-state index in [0.29, 0.717) is 41.6 Å². The maximum Gasteiger partial charge on any atom is 0.330 e. The number of nitrogens with zero attached hydrogens (tertiary/aromatic N) is 4. The Morgan fingerprint density at radius 3 is 2.72 bits per heavy atom. The summed E-state index contributed by atoms with van der Waals surface area (Å²) in [6, 6.07) is 0.0816. The number of hydrogen-bond acceptors (Lipinski definition) is 7. The molecular formula is C19H23N5O4S. The second-order valence-electron chi connectivity index (χ2n) is 8.03. The summed E-state index contributed by atoms with van der Waals surface area (Å²) >= 11 is 1.25. The number of hydrogen-bond donors (Lipinski definition) is 1. The van der Waals surface area contributed by atoms with Crippen LogP contribution in [0.25, 0.3) is 11.0 Å². The van der Waals surface area contributed by atoms with Crippen LogP contribution in [-0.2, 0) is 9.53 Å². The molecule has 1 saturated heterocycles. The summed E-state index contributed by atoms with van der Waals surface area (Å²) in [4.78, 5) is 51.2. The molecule has 1 amide bonds. The van der Waals surface area contributed by atoms with E-state index in [1.165, 1.54) is 11.8 Å². The van der Waals surface area contributed by atoms with Crippen molar-refractivity contribution in [3.8, 4) is 0 Å². The second kappa shape index (κ2) is 7.24. The fraction of sp³-hybridized carbons (Fsp3) is 0.632. The number of aromatic amines is 1. The van der Waals surface area contributed by atoms with Gasteiger partial charge in [0.1, 0.15) is 16.2 Å². The number of amides is 1. The summed E-state index contributed by atoms with van der Waals surface area (Å²) in [6.07, 6.45) is 3.85. The minimum Gasteiger partial charge on any atom is -0.375 e. The third-order valence-electron chi connectivity index (χ3n) is 5.55. The van der Waals surface area contributed by atoms with Crippen molar-refractivity contribution >= 4 is 28.7 Å². The van der Waals surface area contributed by atoms with Crippen LogP contribution in [-0.4, -0.2) is 61.9 Å². The first kappa shape index (κ1) is 18.8. The molecule has 0 radical (unpaired) electrons. The number of aromatic nitrogens is 4. The minimum absolute atomic E-state index is 0.00294. The highest BCUT2D eigenvalue weighted by Gasteiger charge is 2.32. The first-order valence-electron chi connectivity index (χ1n) is 10.1. The normalized spacial score (nSPS) is 22.2. The largest absolute Gasteiger partial charge is 0.375 e. The van der Waals surface area contributed by atoms with Crippen molar-refractivity contribution in [1.82, 2.24) is 24.4 Å². The van der Waals surface area contributed by atoms with Gasteiger partial charge in [-0.3, -0.25) is 19.1 Å². The Labute approximate surface area is 170 Å². The highest BCUT2D eigenvalue weighted by Crippen LogP contribution is 2.40. The van der Waals surface area contributed by atoms with Crippen molar-refractivity contribution in [2.45, 2.75) is 55.7 Å². The minimum atomic E-state index is -0.487. The molecule has 0 spiro atoms. The smallest absolute Gasteiger partial charge is 0.330 e. The fourth-order valence-electron chi connectivity index (χ4n) is 3.70. The summed E-state index contributed by atoms with van der Waals surface area (Å²) in [6.45, 7) is 3.62. The number of fused-ring (bicyclic) bond motifs is 1. The van der Waals surface area contributed by atoms with Crippen LogP contribution in [0.15, 0.2) is 14.6 Å². The second-order valence-corrected chi connectivity index (χ2v) is 8.99. The molecule has 3 heterocycles. The lowest BCUT2D eigenvalue weighted by molar-refractivity contribution is -0.135. The van der Waals surface area contributed by atoms with Crippen LogP contribution in [0.2, 0.25) is 0 Å². The molecule has 10 heteroatoms. The van der Waals surface area contributed by atoms with Gasteiger partial charge in [0.2, 0.25) is 5.91 Å². The summed E-state index contributed by atoms with van der Waals surface area (Å²) in [5, 5.41) is 0.802. The summed E-state index contributed by atoms with van der Waals surface area (Å²) < 4.78 is 7.09. The molecule has 29 heavy (non-hydrogen) atoms. The van der Waals surface area contributed by atoms with Crippen LogP contribution in [0.5, 0.6) is 0 Å². The third kappa shape index (κ3) is 3.71. The molecule has 3 aliphatic rings. The van der Waals surface area contributed by atoms with Gasteiger partial charge in [-0.1, -0.05) is 11.8 Å². The zero-order valence-corrected chi connectivity index (χ0v) is 17.0. The quantitative estimate of drug-likeness (QED) is 0.571. The van der Waals surface area contributed by atoms with E-state index >= 15 is 0 Å².